The second-order valence-corrected chi connectivity index (χ2v) is 13.4. The van der Waals surface area contributed by atoms with Crippen molar-refractivity contribution < 1.29 is 19.4 Å². The molecule has 0 spiro atoms. The van der Waals surface area contributed by atoms with Gasteiger partial charge in [-0.25, -0.2) is 0 Å². The van der Waals surface area contributed by atoms with Crippen LogP contribution in [0.1, 0.15) is 202 Å². The first kappa shape index (κ1) is 40.9. The van der Waals surface area contributed by atoms with Gasteiger partial charge in [-0.15, -0.1) is 0 Å². The van der Waals surface area contributed by atoms with E-state index in [2.05, 4.69) is 41.5 Å². The fourth-order valence-electron chi connectivity index (χ4n) is 6.99. The van der Waals surface area contributed by atoms with Crippen molar-refractivity contribution in [3.8, 4) is 0 Å². The fourth-order valence-corrected chi connectivity index (χ4v) is 6.99. The van der Waals surface area contributed by atoms with Crippen molar-refractivity contribution in [1.82, 2.24) is 0 Å². The second-order valence-electron chi connectivity index (χ2n) is 13.4. The number of carboxylic acids is 1. The van der Waals surface area contributed by atoms with E-state index in [-0.39, 0.29) is 11.4 Å². The number of aliphatic carboxylic acids is 1. The molecule has 0 rings (SSSR count). The van der Waals surface area contributed by atoms with Gasteiger partial charge in [0.1, 0.15) is 0 Å². The molecule has 4 nitrogen and oxygen atoms in total. The van der Waals surface area contributed by atoms with Gasteiger partial charge in [0, 0.05) is 6.42 Å². The molecule has 4 atom stereocenters. The monoisotopic (exact) mass is 595 g/mol. The van der Waals surface area contributed by atoms with Crippen LogP contribution < -0.4 is 0 Å². The summed E-state index contributed by atoms with van der Waals surface area (Å²) in [5, 5.41) is 8.71. The summed E-state index contributed by atoms with van der Waals surface area (Å²) >= 11 is 0. The minimum absolute atomic E-state index is 0.114. The van der Waals surface area contributed by atoms with Gasteiger partial charge in [-0.1, -0.05) is 164 Å². The Morgan fingerprint density at radius 3 is 1.50 bits per heavy atom. The topological polar surface area (TPSA) is 63.6 Å². The van der Waals surface area contributed by atoms with Gasteiger partial charge in [0.25, 0.3) is 0 Å². The largest absolute Gasteiger partial charge is 0.481 e. The van der Waals surface area contributed by atoms with Crippen LogP contribution in [0.5, 0.6) is 0 Å². The lowest BCUT2D eigenvalue weighted by atomic mass is 9.64. The Hall–Kier alpha value is -1.06. The molecule has 0 aliphatic carbocycles. The summed E-state index contributed by atoms with van der Waals surface area (Å²) in [6, 6.07) is 0. The molecule has 250 valence electrons. The number of rotatable bonds is 31. The minimum Gasteiger partial charge on any atom is -0.481 e. The Morgan fingerprint density at radius 2 is 1.07 bits per heavy atom. The van der Waals surface area contributed by atoms with E-state index in [9.17, 15) is 9.59 Å². The average molecular weight is 595 g/mol. The highest BCUT2D eigenvalue weighted by molar-refractivity contribution is 5.77. The van der Waals surface area contributed by atoms with Crippen molar-refractivity contribution in [2.75, 3.05) is 6.61 Å². The van der Waals surface area contributed by atoms with Gasteiger partial charge in [-0.2, -0.15) is 0 Å². The van der Waals surface area contributed by atoms with E-state index in [1.54, 1.807) is 0 Å². The molecule has 0 aliphatic heterocycles. The smallest absolute Gasteiger partial charge is 0.312 e. The van der Waals surface area contributed by atoms with E-state index in [0.717, 1.165) is 51.4 Å². The van der Waals surface area contributed by atoms with Gasteiger partial charge in [-0.3, -0.25) is 9.59 Å². The van der Waals surface area contributed by atoms with Gasteiger partial charge in [0.05, 0.1) is 12.0 Å². The third kappa shape index (κ3) is 18.6. The maximum absolute atomic E-state index is 14.0. The van der Waals surface area contributed by atoms with E-state index >= 15 is 0 Å². The van der Waals surface area contributed by atoms with Crippen LogP contribution in [0.15, 0.2) is 0 Å². The van der Waals surface area contributed by atoms with Crippen LogP contribution >= 0.6 is 0 Å². The third-order valence-electron chi connectivity index (χ3n) is 10.2. The number of hydrogen-bond donors (Lipinski definition) is 1. The van der Waals surface area contributed by atoms with E-state index in [0.29, 0.717) is 30.8 Å². The van der Waals surface area contributed by atoms with Gasteiger partial charge in [0.2, 0.25) is 0 Å². The highest BCUT2D eigenvalue weighted by atomic mass is 16.5. The summed E-state index contributed by atoms with van der Waals surface area (Å²) < 4.78 is 6.25. The summed E-state index contributed by atoms with van der Waals surface area (Å²) in [5.74, 6) is 0.964. The van der Waals surface area contributed by atoms with Crippen LogP contribution in [-0.2, 0) is 14.3 Å². The van der Waals surface area contributed by atoms with E-state index < -0.39 is 5.97 Å². The van der Waals surface area contributed by atoms with E-state index in [1.807, 2.05) is 0 Å². The molecule has 0 aromatic rings. The van der Waals surface area contributed by atoms with E-state index in [4.69, 9.17) is 9.84 Å². The molecule has 0 heterocycles. The number of carboxylic acid groups (broad SMARTS) is 1. The number of ether oxygens (including phenoxy) is 1. The summed E-state index contributed by atoms with van der Waals surface area (Å²) in [6.07, 6.45) is 28.7. The van der Waals surface area contributed by atoms with Crippen LogP contribution in [0.25, 0.3) is 0 Å². The standard InChI is InChI=1S/C38H74O4/c1-7-13-27-33(9-3)31-38(12-6,37(41)42-32-34(10-4)28-14-8-2)35(11-5)29-25-23-21-19-17-15-16-18-20-22-24-26-30-36(39)40/h33-35H,7-32H2,1-6H3,(H,39,40). The first-order valence-corrected chi connectivity index (χ1v) is 18.7. The lowest BCUT2D eigenvalue weighted by molar-refractivity contribution is -0.164. The molecule has 0 aromatic heterocycles. The maximum Gasteiger partial charge on any atom is 0.312 e. The van der Waals surface area contributed by atoms with Crippen molar-refractivity contribution in [3.63, 3.8) is 0 Å². The lowest BCUT2D eigenvalue weighted by Gasteiger charge is -2.40. The number of hydrogen-bond acceptors (Lipinski definition) is 3. The molecule has 0 aromatic carbocycles. The first-order chi connectivity index (χ1) is 20.3. The summed E-state index contributed by atoms with van der Waals surface area (Å²) in [4.78, 5) is 24.6. The van der Waals surface area contributed by atoms with Crippen LogP contribution in [0.3, 0.4) is 0 Å². The molecule has 42 heavy (non-hydrogen) atoms. The average Bonchev–Trinajstić information content (AvgIpc) is 2.99. The molecule has 0 fully saturated rings. The van der Waals surface area contributed by atoms with Gasteiger partial charge >= 0.3 is 11.9 Å². The molecule has 0 saturated carbocycles. The molecular formula is C38H74O4. The summed E-state index contributed by atoms with van der Waals surface area (Å²) in [7, 11) is 0. The lowest BCUT2D eigenvalue weighted by Crippen LogP contribution is -2.42. The molecule has 0 bridgehead atoms. The van der Waals surface area contributed by atoms with Gasteiger partial charge < -0.3 is 9.84 Å². The van der Waals surface area contributed by atoms with Crippen LogP contribution in [0.4, 0.5) is 0 Å². The summed E-state index contributed by atoms with van der Waals surface area (Å²) in [5.41, 5.74) is -0.333. The normalized spacial score (nSPS) is 15.2. The van der Waals surface area contributed by atoms with Gasteiger partial charge in [0.15, 0.2) is 0 Å². The molecule has 0 aliphatic rings. The zero-order valence-electron chi connectivity index (χ0n) is 29.3. The third-order valence-corrected chi connectivity index (χ3v) is 10.2. The predicted octanol–water partition coefficient (Wildman–Crippen LogP) is 12.3. The zero-order valence-corrected chi connectivity index (χ0v) is 29.3. The zero-order chi connectivity index (χ0) is 31.5. The summed E-state index contributed by atoms with van der Waals surface area (Å²) in [6.45, 7) is 14.2. The quantitative estimate of drug-likeness (QED) is 0.0640. The SMILES string of the molecule is CCCCC(CC)COC(=O)C(CC)(CC(CC)CCCC)C(CC)CCCCCCCCCCCCCCC(=O)O. The Kier molecular flexibility index (Phi) is 26.8. The molecular weight excluding hydrogens is 520 g/mol. The number of unbranched alkanes of at least 4 members (excludes halogenated alkanes) is 13. The van der Waals surface area contributed by atoms with Crippen molar-refractivity contribution in [2.24, 2.45) is 23.2 Å². The van der Waals surface area contributed by atoms with Crippen molar-refractivity contribution in [2.45, 2.75) is 202 Å². The number of carbonyl (C=O) groups is 2. The molecule has 1 N–H and O–H groups in total. The number of esters is 1. The maximum atomic E-state index is 14.0. The Labute approximate surface area is 262 Å². The molecule has 0 amide bonds. The van der Waals surface area contributed by atoms with Crippen LogP contribution in [-0.4, -0.2) is 23.7 Å². The van der Waals surface area contributed by atoms with Crippen molar-refractivity contribution >= 4 is 11.9 Å². The minimum atomic E-state index is -0.668. The number of carbonyl (C=O) groups excluding carboxylic acids is 1. The second kappa shape index (κ2) is 27.5. The molecule has 4 heteroatoms. The molecule has 0 radical (unpaired) electrons. The molecule has 0 saturated heterocycles. The Bertz CT molecular complexity index is 633. The first-order valence-electron chi connectivity index (χ1n) is 18.7. The van der Waals surface area contributed by atoms with Crippen molar-refractivity contribution in [3.05, 3.63) is 0 Å². The van der Waals surface area contributed by atoms with Crippen LogP contribution in [0, 0.1) is 23.2 Å². The highest BCUT2D eigenvalue weighted by Crippen LogP contribution is 2.45. The Morgan fingerprint density at radius 1 is 0.595 bits per heavy atom. The van der Waals surface area contributed by atoms with E-state index in [1.165, 1.54) is 103 Å². The van der Waals surface area contributed by atoms with Gasteiger partial charge in [-0.05, 0) is 49.9 Å². The predicted molar refractivity (Wildman–Crippen MR) is 181 cm³/mol. The molecule has 4 unspecified atom stereocenters. The van der Waals surface area contributed by atoms with Crippen molar-refractivity contribution in [1.29, 1.82) is 0 Å². The highest BCUT2D eigenvalue weighted by Gasteiger charge is 2.45. The van der Waals surface area contributed by atoms with Crippen LogP contribution in [0.2, 0.25) is 0 Å². The fraction of sp³-hybridized carbons (Fsp3) is 0.947. The Balaban J connectivity index is 4.83.